The largest absolute Gasteiger partial charge is 0.477 e. The van der Waals surface area contributed by atoms with Gasteiger partial charge in [-0.3, -0.25) is 4.79 Å². The van der Waals surface area contributed by atoms with Crippen molar-refractivity contribution < 1.29 is 23.5 Å². The Bertz CT molecular complexity index is 1160. The lowest BCUT2D eigenvalue weighted by Gasteiger charge is -2.14. The van der Waals surface area contributed by atoms with E-state index in [1.54, 1.807) is 6.07 Å². The molecule has 144 valence electrons. The molecule has 0 aliphatic carbocycles. The van der Waals surface area contributed by atoms with E-state index < -0.39 is 23.6 Å². The summed E-state index contributed by atoms with van der Waals surface area (Å²) in [5.41, 5.74) is 2.58. The smallest absolute Gasteiger partial charge is 0.405 e. The predicted molar refractivity (Wildman–Crippen MR) is 98.4 cm³/mol. The molecular weight excluding hydrogens is 370 g/mol. The van der Waals surface area contributed by atoms with Crippen molar-refractivity contribution in [1.29, 1.82) is 0 Å². The summed E-state index contributed by atoms with van der Waals surface area (Å²) in [4.78, 5) is 28.1. The molecule has 0 saturated heterocycles. The number of carboxylic acids is 1. The van der Waals surface area contributed by atoms with Gasteiger partial charge in [0.2, 0.25) is 5.43 Å². The van der Waals surface area contributed by atoms with Gasteiger partial charge in [0.05, 0.1) is 17.1 Å². The number of carboxylic acid groups (broad SMARTS) is 1. The van der Waals surface area contributed by atoms with Gasteiger partial charge in [0.25, 0.3) is 0 Å². The molecule has 0 spiro atoms. The third-order valence-corrected chi connectivity index (χ3v) is 4.94. The van der Waals surface area contributed by atoms with Crippen molar-refractivity contribution in [2.24, 2.45) is 0 Å². The highest BCUT2D eigenvalue weighted by Crippen LogP contribution is 2.30. The summed E-state index contributed by atoms with van der Waals surface area (Å²) in [6.07, 6.45) is 0.775. The Kier molecular flexibility index (Phi) is 4.35. The van der Waals surface area contributed by atoms with Gasteiger partial charge in [0, 0.05) is 12.6 Å². The van der Waals surface area contributed by atoms with Crippen LogP contribution in [0.4, 0.5) is 8.78 Å². The molecule has 6 nitrogen and oxygen atoms in total. The number of hydrogen-bond donors (Lipinski definition) is 2. The Morgan fingerprint density at radius 1 is 1.25 bits per heavy atom. The highest BCUT2D eigenvalue weighted by Gasteiger charge is 2.20. The molecular formula is C20H16F2N2O4. The van der Waals surface area contributed by atoms with Crippen LogP contribution in [0.25, 0.3) is 22.0 Å². The molecule has 0 saturated carbocycles. The zero-order valence-corrected chi connectivity index (χ0v) is 14.8. The number of alkyl halides is 2. The first-order valence-electron chi connectivity index (χ1n) is 8.59. The van der Waals surface area contributed by atoms with Gasteiger partial charge in [-0.1, -0.05) is 18.2 Å². The number of rotatable bonds is 4. The maximum atomic E-state index is 12.8. The molecule has 8 heteroatoms. The van der Waals surface area contributed by atoms with Crippen molar-refractivity contribution in [3.05, 3.63) is 69.5 Å². The minimum absolute atomic E-state index is 0.0132. The van der Waals surface area contributed by atoms with E-state index in [9.17, 15) is 18.4 Å². The van der Waals surface area contributed by atoms with Crippen LogP contribution in [-0.4, -0.2) is 22.4 Å². The van der Waals surface area contributed by atoms with Crippen LogP contribution in [0.5, 0.6) is 0 Å². The Balaban J connectivity index is 1.90. The van der Waals surface area contributed by atoms with Crippen molar-refractivity contribution in [2.75, 3.05) is 0 Å². The van der Waals surface area contributed by atoms with Gasteiger partial charge in [-0.05, 0) is 47.4 Å². The molecule has 1 aliphatic rings. The van der Waals surface area contributed by atoms with Gasteiger partial charge in [-0.25, -0.2) is 4.79 Å². The molecule has 4 rings (SSSR count). The highest BCUT2D eigenvalue weighted by atomic mass is 19.3. The van der Waals surface area contributed by atoms with Gasteiger partial charge >= 0.3 is 12.6 Å². The monoisotopic (exact) mass is 386 g/mol. The van der Waals surface area contributed by atoms with Crippen molar-refractivity contribution in [3.8, 4) is 11.1 Å². The average Bonchev–Trinajstić information content (AvgIpc) is 3.03. The second kappa shape index (κ2) is 6.72. The standard InChI is InChI=1S/C20H16F2N2O4/c1-10-14-4-2-11(6-13(14)8-23-10)12-3-5-15-17(7-12)24(28-20(21)22)9-16(18(15)25)19(26)27/h2-7,9-10,20,23H,8H2,1H3,(H,26,27). The van der Waals surface area contributed by atoms with Gasteiger partial charge < -0.3 is 15.3 Å². The SMILES string of the molecule is CC1NCc2cc(-c3ccc4c(=O)c(C(=O)O)cn(OC(F)F)c4c3)ccc21. The predicted octanol–water partition coefficient (Wildman–Crippen LogP) is 3.18. The van der Waals surface area contributed by atoms with Crippen LogP contribution in [0.2, 0.25) is 0 Å². The number of aromatic nitrogens is 1. The molecule has 3 aromatic rings. The Morgan fingerprint density at radius 3 is 2.68 bits per heavy atom. The Labute approximate surface area is 157 Å². The number of hydrogen-bond acceptors (Lipinski definition) is 4. The van der Waals surface area contributed by atoms with Crippen molar-refractivity contribution in [2.45, 2.75) is 26.1 Å². The molecule has 1 aliphatic heterocycles. The first kappa shape index (κ1) is 18.1. The third kappa shape index (κ3) is 3.01. The van der Waals surface area contributed by atoms with Crippen molar-refractivity contribution in [1.82, 2.24) is 10.0 Å². The second-order valence-corrected chi connectivity index (χ2v) is 6.62. The number of pyridine rings is 1. The van der Waals surface area contributed by atoms with Crippen LogP contribution < -0.4 is 15.6 Å². The zero-order valence-electron chi connectivity index (χ0n) is 14.8. The summed E-state index contributed by atoms with van der Waals surface area (Å²) in [6.45, 7) is -0.371. The third-order valence-electron chi connectivity index (χ3n) is 4.94. The van der Waals surface area contributed by atoms with E-state index in [0.29, 0.717) is 10.3 Å². The fourth-order valence-corrected chi connectivity index (χ4v) is 3.54. The van der Waals surface area contributed by atoms with E-state index in [4.69, 9.17) is 5.11 Å². The molecule has 2 N–H and O–H groups in total. The highest BCUT2D eigenvalue weighted by molar-refractivity contribution is 5.93. The van der Waals surface area contributed by atoms with E-state index in [2.05, 4.69) is 17.1 Å². The molecule has 0 radical (unpaired) electrons. The van der Waals surface area contributed by atoms with Gasteiger partial charge in [-0.2, -0.15) is 13.5 Å². The van der Waals surface area contributed by atoms with Crippen LogP contribution in [0, 0.1) is 0 Å². The number of carbonyl (C=O) groups is 1. The van der Waals surface area contributed by atoms with Crippen LogP contribution in [0.15, 0.2) is 47.4 Å². The minimum atomic E-state index is -3.18. The Morgan fingerprint density at radius 2 is 1.96 bits per heavy atom. The molecule has 1 aromatic heterocycles. The maximum Gasteiger partial charge on any atom is 0.405 e. The summed E-state index contributed by atoms with van der Waals surface area (Å²) in [5.74, 6) is -1.51. The van der Waals surface area contributed by atoms with E-state index in [-0.39, 0.29) is 16.9 Å². The number of nitrogens with zero attached hydrogens (tertiary/aromatic N) is 1. The van der Waals surface area contributed by atoms with Gasteiger partial charge in [0.1, 0.15) is 5.56 Å². The molecule has 0 bridgehead atoms. The Hall–Kier alpha value is -3.26. The molecule has 1 unspecified atom stereocenters. The second-order valence-electron chi connectivity index (χ2n) is 6.62. The molecule has 0 fully saturated rings. The number of fused-ring (bicyclic) bond motifs is 2. The first-order chi connectivity index (χ1) is 13.3. The quantitative estimate of drug-likeness (QED) is 0.720. The summed E-state index contributed by atoms with van der Waals surface area (Å²) in [5, 5.41) is 12.5. The fourth-order valence-electron chi connectivity index (χ4n) is 3.54. The van der Waals surface area contributed by atoms with Gasteiger partial charge in [-0.15, -0.1) is 0 Å². The van der Waals surface area contributed by atoms with Gasteiger partial charge in [0.15, 0.2) is 0 Å². The summed E-state index contributed by atoms with van der Waals surface area (Å²) < 4.78 is 26.3. The van der Waals surface area contributed by atoms with E-state index in [1.165, 1.54) is 17.7 Å². The zero-order chi connectivity index (χ0) is 20.0. The molecule has 2 heterocycles. The topological polar surface area (TPSA) is 80.6 Å². The van der Waals surface area contributed by atoms with Crippen LogP contribution in [0.3, 0.4) is 0 Å². The minimum Gasteiger partial charge on any atom is -0.477 e. The lowest BCUT2D eigenvalue weighted by Crippen LogP contribution is -2.24. The number of aromatic carboxylic acids is 1. The molecule has 2 aromatic carbocycles. The molecule has 0 amide bonds. The van der Waals surface area contributed by atoms with Crippen molar-refractivity contribution in [3.63, 3.8) is 0 Å². The maximum absolute atomic E-state index is 12.8. The molecule has 1 atom stereocenters. The average molecular weight is 386 g/mol. The van der Waals surface area contributed by atoms with E-state index in [1.807, 2.05) is 18.2 Å². The lowest BCUT2D eigenvalue weighted by molar-refractivity contribution is -0.129. The van der Waals surface area contributed by atoms with Crippen LogP contribution in [0.1, 0.15) is 34.5 Å². The number of benzene rings is 2. The van der Waals surface area contributed by atoms with Crippen LogP contribution in [-0.2, 0) is 6.54 Å². The fraction of sp³-hybridized carbons (Fsp3) is 0.200. The van der Waals surface area contributed by atoms with E-state index >= 15 is 0 Å². The first-order valence-corrected chi connectivity index (χ1v) is 8.59. The summed E-state index contributed by atoms with van der Waals surface area (Å²) >= 11 is 0. The molecule has 28 heavy (non-hydrogen) atoms. The van der Waals surface area contributed by atoms with Crippen molar-refractivity contribution >= 4 is 16.9 Å². The van der Waals surface area contributed by atoms with Crippen LogP contribution >= 0.6 is 0 Å². The number of nitrogens with one attached hydrogen (secondary N) is 1. The number of halogens is 2. The summed E-state index contributed by atoms with van der Waals surface area (Å²) in [6, 6.07) is 10.8. The lowest BCUT2D eigenvalue weighted by atomic mass is 9.97. The normalized spacial score (nSPS) is 15.8. The van der Waals surface area contributed by atoms with E-state index in [0.717, 1.165) is 23.9 Å². The summed E-state index contributed by atoms with van der Waals surface area (Å²) in [7, 11) is 0.